The molecule has 2 aliphatic rings. The first-order valence-corrected chi connectivity index (χ1v) is 12.5. The van der Waals surface area contributed by atoms with Crippen LogP contribution in [0.25, 0.3) is 0 Å². The highest BCUT2D eigenvalue weighted by Gasteiger charge is 2.32. The van der Waals surface area contributed by atoms with Gasteiger partial charge in [-0.3, -0.25) is 9.59 Å². The predicted octanol–water partition coefficient (Wildman–Crippen LogP) is 3.89. The molecule has 2 rings (SSSR count). The van der Waals surface area contributed by atoms with Gasteiger partial charge in [0.25, 0.3) is 0 Å². The van der Waals surface area contributed by atoms with Crippen LogP contribution in [-0.4, -0.2) is 87.3 Å². The number of piperidine rings is 2. The molecule has 2 unspecified atom stereocenters. The van der Waals surface area contributed by atoms with E-state index in [1.807, 2.05) is 47.8 Å². The number of ether oxygens (including phenoxy) is 2. The Bertz CT molecular complexity index is 674. The molecular formula is C21H35BrN2O6S. The van der Waals surface area contributed by atoms with Crippen LogP contribution < -0.4 is 0 Å². The number of Topliss-reactive ketones (excluding diaryl/α,β-unsaturated/α-hetero) is 2. The summed E-state index contributed by atoms with van der Waals surface area (Å²) in [7, 11) is 0. The maximum absolute atomic E-state index is 11.8. The number of rotatable bonds is 1. The number of halogens is 1. The average Bonchev–Trinajstić information content (AvgIpc) is 2.62. The van der Waals surface area contributed by atoms with Gasteiger partial charge in [-0.2, -0.15) is 11.8 Å². The molecule has 2 fully saturated rings. The number of hydrogen-bond donors (Lipinski definition) is 0. The topological polar surface area (TPSA) is 93.2 Å². The minimum atomic E-state index is -0.486. The Hall–Kier alpha value is -1.29. The van der Waals surface area contributed by atoms with Crippen molar-refractivity contribution in [3.8, 4) is 0 Å². The minimum absolute atomic E-state index is 0.0960. The van der Waals surface area contributed by atoms with Crippen LogP contribution in [0.2, 0.25) is 0 Å². The minimum Gasteiger partial charge on any atom is -0.444 e. The van der Waals surface area contributed by atoms with Crippen LogP contribution in [0.3, 0.4) is 0 Å². The highest BCUT2D eigenvalue weighted by molar-refractivity contribution is 9.10. The molecule has 0 bridgehead atoms. The van der Waals surface area contributed by atoms with E-state index in [4.69, 9.17) is 9.47 Å². The van der Waals surface area contributed by atoms with Gasteiger partial charge in [-0.25, -0.2) is 9.59 Å². The normalized spacial score (nSPS) is 22.5. The number of alkyl halides is 1. The third-order valence-electron chi connectivity index (χ3n) is 4.32. The molecule has 0 aromatic carbocycles. The van der Waals surface area contributed by atoms with Gasteiger partial charge in [-0.1, -0.05) is 15.9 Å². The van der Waals surface area contributed by atoms with Gasteiger partial charge < -0.3 is 19.3 Å². The number of ketones is 2. The SMILES string of the molecule is CC(C)(C)OC(=O)N1CCC(=O)C(Br)C1.CSC1CN(C(=O)OC(C)(C)C)CCC1=O. The zero-order chi connectivity index (χ0) is 24.0. The molecule has 0 radical (unpaired) electrons. The fraction of sp³-hybridized carbons (Fsp3) is 0.810. The van der Waals surface area contributed by atoms with Crippen molar-refractivity contribution in [3.63, 3.8) is 0 Å². The molecule has 178 valence electrons. The zero-order valence-corrected chi connectivity index (χ0v) is 21.9. The third-order valence-corrected chi connectivity index (χ3v) is 6.10. The summed E-state index contributed by atoms with van der Waals surface area (Å²) in [5.41, 5.74) is -0.965. The Morgan fingerprint density at radius 1 is 0.871 bits per heavy atom. The van der Waals surface area contributed by atoms with Gasteiger partial charge in [0, 0.05) is 39.0 Å². The molecule has 0 spiro atoms. The maximum atomic E-state index is 11.8. The first-order chi connectivity index (χ1) is 14.1. The molecule has 0 aromatic heterocycles. The lowest BCUT2D eigenvalue weighted by atomic mass is 10.1. The van der Waals surface area contributed by atoms with Gasteiger partial charge in [0.1, 0.15) is 22.8 Å². The Labute approximate surface area is 197 Å². The van der Waals surface area contributed by atoms with Gasteiger partial charge >= 0.3 is 12.2 Å². The van der Waals surface area contributed by atoms with Crippen LogP contribution in [0.5, 0.6) is 0 Å². The predicted molar refractivity (Wildman–Crippen MR) is 125 cm³/mol. The number of likely N-dealkylation sites (tertiary alicyclic amines) is 2. The van der Waals surface area contributed by atoms with Crippen molar-refractivity contribution in [3.05, 3.63) is 0 Å². The van der Waals surface area contributed by atoms with Crippen molar-refractivity contribution in [2.75, 3.05) is 32.4 Å². The Balaban J connectivity index is 0.000000311. The molecule has 2 aliphatic heterocycles. The number of hydrogen-bond acceptors (Lipinski definition) is 7. The van der Waals surface area contributed by atoms with Gasteiger partial charge in [-0.15, -0.1) is 0 Å². The second-order valence-electron chi connectivity index (χ2n) is 9.48. The monoisotopic (exact) mass is 522 g/mol. The van der Waals surface area contributed by atoms with Crippen LogP contribution in [0.1, 0.15) is 54.4 Å². The molecule has 10 heteroatoms. The highest BCUT2D eigenvalue weighted by atomic mass is 79.9. The summed E-state index contributed by atoms with van der Waals surface area (Å²) in [5.74, 6) is 0.377. The number of carbonyl (C=O) groups excluding carboxylic acids is 4. The summed E-state index contributed by atoms with van der Waals surface area (Å²) in [5, 5.41) is -0.0960. The van der Waals surface area contributed by atoms with Crippen LogP contribution in [0, 0.1) is 0 Å². The molecule has 2 amide bonds. The van der Waals surface area contributed by atoms with E-state index in [9.17, 15) is 19.2 Å². The van der Waals surface area contributed by atoms with Gasteiger partial charge in [0.2, 0.25) is 0 Å². The molecule has 0 aromatic rings. The van der Waals surface area contributed by atoms with Crippen LogP contribution in [0.4, 0.5) is 9.59 Å². The molecule has 0 aliphatic carbocycles. The Morgan fingerprint density at radius 2 is 1.29 bits per heavy atom. The summed E-state index contributed by atoms with van der Waals surface area (Å²) < 4.78 is 10.5. The van der Waals surface area contributed by atoms with E-state index in [0.29, 0.717) is 39.0 Å². The molecule has 8 nitrogen and oxygen atoms in total. The molecule has 2 heterocycles. The largest absolute Gasteiger partial charge is 0.444 e. The zero-order valence-electron chi connectivity index (χ0n) is 19.5. The van der Waals surface area contributed by atoms with Crippen molar-refractivity contribution in [1.29, 1.82) is 0 Å². The van der Waals surface area contributed by atoms with E-state index in [2.05, 4.69) is 15.9 Å². The lowest BCUT2D eigenvalue weighted by Crippen LogP contribution is -2.47. The van der Waals surface area contributed by atoms with E-state index in [0.717, 1.165) is 0 Å². The van der Waals surface area contributed by atoms with Gasteiger partial charge in [-0.05, 0) is 47.8 Å². The summed E-state index contributed by atoms with van der Waals surface area (Å²) in [6, 6.07) is 0. The van der Waals surface area contributed by atoms with E-state index >= 15 is 0 Å². The molecule has 0 saturated carbocycles. The Kier molecular flexibility index (Phi) is 10.3. The number of amides is 2. The molecule has 31 heavy (non-hydrogen) atoms. The van der Waals surface area contributed by atoms with Gasteiger partial charge in [0.15, 0.2) is 0 Å². The van der Waals surface area contributed by atoms with Crippen molar-refractivity contribution in [1.82, 2.24) is 9.80 Å². The number of nitrogens with zero attached hydrogens (tertiary/aromatic N) is 2. The molecular weight excluding hydrogens is 488 g/mol. The lowest BCUT2D eigenvalue weighted by Gasteiger charge is -2.32. The number of thioether (sulfide) groups is 1. The number of carbonyl (C=O) groups is 4. The second kappa shape index (κ2) is 11.5. The van der Waals surface area contributed by atoms with Crippen LogP contribution in [0.15, 0.2) is 0 Å². The van der Waals surface area contributed by atoms with Crippen molar-refractivity contribution in [2.24, 2.45) is 0 Å². The molecule has 2 atom stereocenters. The van der Waals surface area contributed by atoms with E-state index in [-0.39, 0.29) is 33.8 Å². The van der Waals surface area contributed by atoms with Crippen molar-refractivity contribution < 1.29 is 28.7 Å². The summed E-state index contributed by atoms with van der Waals surface area (Å²) in [6.45, 7) is 12.8. The molecule has 2 saturated heterocycles. The van der Waals surface area contributed by atoms with Crippen LogP contribution in [-0.2, 0) is 19.1 Å². The van der Waals surface area contributed by atoms with Crippen molar-refractivity contribution in [2.45, 2.75) is 75.7 Å². The van der Waals surface area contributed by atoms with Crippen molar-refractivity contribution >= 4 is 51.4 Å². The third kappa shape index (κ3) is 10.2. The van der Waals surface area contributed by atoms with Gasteiger partial charge in [0.05, 0.1) is 10.1 Å². The first-order valence-electron chi connectivity index (χ1n) is 10.3. The van der Waals surface area contributed by atoms with E-state index < -0.39 is 11.2 Å². The maximum Gasteiger partial charge on any atom is 0.410 e. The Morgan fingerprint density at radius 3 is 1.68 bits per heavy atom. The average molecular weight is 523 g/mol. The highest BCUT2D eigenvalue weighted by Crippen LogP contribution is 2.20. The van der Waals surface area contributed by atoms with Crippen LogP contribution >= 0.6 is 27.7 Å². The quantitative estimate of drug-likeness (QED) is 0.482. The van der Waals surface area contributed by atoms with E-state index in [1.165, 1.54) is 11.8 Å². The lowest BCUT2D eigenvalue weighted by molar-refractivity contribution is -0.121. The first kappa shape index (κ1) is 27.7. The summed E-state index contributed by atoms with van der Waals surface area (Å²) in [4.78, 5) is 49.0. The summed E-state index contributed by atoms with van der Waals surface area (Å²) >= 11 is 4.74. The molecule has 0 N–H and O–H groups in total. The standard InChI is InChI=1S/C11H19NO3S.C10H16BrNO3/c1-11(2,3)15-10(14)12-6-5-8(13)9(7-12)16-4;1-10(2,3)15-9(14)12-5-4-8(13)7(11)6-12/h9H,5-7H2,1-4H3;7H,4-6H2,1-3H3. The fourth-order valence-electron chi connectivity index (χ4n) is 2.78. The smallest absolute Gasteiger partial charge is 0.410 e. The summed E-state index contributed by atoms with van der Waals surface area (Å²) in [6.07, 6.45) is 2.06. The van der Waals surface area contributed by atoms with E-state index in [1.54, 1.807) is 9.80 Å². The second-order valence-corrected chi connectivity index (χ2v) is 11.6. The fourth-order valence-corrected chi connectivity index (χ4v) is 4.07.